The third kappa shape index (κ3) is 4.63. The molecule has 0 spiro atoms. The van der Waals surface area contributed by atoms with Crippen LogP contribution in [0.3, 0.4) is 0 Å². The number of hydrogen-bond acceptors (Lipinski definition) is 4. The van der Waals surface area contributed by atoms with Crippen LogP contribution in [-0.4, -0.2) is 44.2 Å². The minimum atomic E-state index is -0.533. The van der Waals surface area contributed by atoms with Crippen LogP contribution < -0.4 is 14.8 Å². The van der Waals surface area contributed by atoms with Gasteiger partial charge in [-0.3, -0.25) is 4.79 Å². The highest BCUT2D eigenvalue weighted by atomic mass is 16.5. The number of nitrogens with zero attached hydrogens (tertiary/aromatic N) is 1. The molecule has 5 nitrogen and oxygen atoms in total. The van der Waals surface area contributed by atoms with Crippen LogP contribution in [0.15, 0.2) is 18.2 Å². The lowest BCUT2D eigenvalue weighted by atomic mass is 10.2. The minimum Gasteiger partial charge on any atom is -0.493 e. The third-order valence-corrected chi connectivity index (χ3v) is 3.34. The number of carbonyl (C=O) groups is 1. The molecule has 0 aliphatic carbocycles. The fraction of sp³-hybridized carbons (Fsp3) is 0.562. The van der Waals surface area contributed by atoms with Crippen molar-refractivity contribution in [1.82, 2.24) is 10.2 Å². The van der Waals surface area contributed by atoms with E-state index in [-0.39, 0.29) is 5.91 Å². The zero-order chi connectivity index (χ0) is 15.8. The van der Waals surface area contributed by atoms with Crippen molar-refractivity contribution in [2.24, 2.45) is 0 Å². The molecule has 1 unspecified atom stereocenters. The lowest BCUT2D eigenvalue weighted by Gasteiger charge is -2.24. The summed E-state index contributed by atoms with van der Waals surface area (Å²) in [5.74, 6) is 1.22. The summed E-state index contributed by atoms with van der Waals surface area (Å²) in [6, 6.07) is 5.72. The molecule has 21 heavy (non-hydrogen) atoms. The topological polar surface area (TPSA) is 50.8 Å². The van der Waals surface area contributed by atoms with Gasteiger partial charge in [0.1, 0.15) is 0 Å². The lowest BCUT2D eigenvalue weighted by molar-refractivity contribution is -0.137. The highest BCUT2D eigenvalue weighted by molar-refractivity contribution is 5.80. The van der Waals surface area contributed by atoms with E-state index in [0.717, 1.165) is 12.1 Å². The molecule has 5 heteroatoms. The summed E-state index contributed by atoms with van der Waals surface area (Å²) in [6.07, 6.45) is -0.533. The first-order chi connectivity index (χ1) is 10.1. The molecule has 0 bridgehead atoms. The van der Waals surface area contributed by atoms with Gasteiger partial charge in [-0.2, -0.15) is 0 Å². The van der Waals surface area contributed by atoms with Crippen LogP contribution in [0.5, 0.6) is 11.5 Å². The van der Waals surface area contributed by atoms with Crippen molar-refractivity contribution in [1.29, 1.82) is 0 Å². The van der Waals surface area contributed by atoms with Gasteiger partial charge >= 0.3 is 0 Å². The molecule has 1 rings (SSSR count). The van der Waals surface area contributed by atoms with Crippen molar-refractivity contribution in [2.75, 3.05) is 27.2 Å². The maximum absolute atomic E-state index is 12.2. The molecule has 1 N–H and O–H groups in total. The van der Waals surface area contributed by atoms with Gasteiger partial charge in [-0.15, -0.1) is 0 Å². The van der Waals surface area contributed by atoms with Crippen molar-refractivity contribution in [3.05, 3.63) is 23.8 Å². The van der Waals surface area contributed by atoms with E-state index in [1.807, 2.05) is 39.1 Å². The summed E-state index contributed by atoms with van der Waals surface area (Å²) >= 11 is 0. The van der Waals surface area contributed by atoms with Crippen LogP contribution in [0.4, 0.5) is 0 Å². The van der Waals surface area contributed by atoms with Gasteiger partial charge in [0.25, 0.3) is 5.91 Å². The van der Waals surface area contributed by atoms with E-state index in [0.29, 0.717) is 24.6 Å². The summed E-state index contributed by atoms with van der Waals surface area (Å²) in [6.45, 7) is 7.80. The van der Waals surface area contributed by atoms with E-state index < -0.39 is 6.10 Å². The number of likely N-dealkylation sites (N-methyl/N-ethyl adjacent to an activating group) is 1. The largest absolute Gasteiger partial charge is 0.493 e. The SMILES string of the molecule is CCN(CC)C(=O)C(C)Oc1ccc(CNC)cc1OC. The summed E-state index contributed by atoms with van der Waals surface area (Å²) in [5.41, 5.74) is 1.10. The predicted molar refractivity (Wildman–Crippen MR) is 83.8 cm³/mol. The van der Waals surface area contributed by atoms with Gasteiger partial charge in [0.05, 0.1) is 7.11 Å². The first-order valence-electron chi connectivity index (χ1n) is 7.34. The van der Waals surface area contributed by atoms with Crippen LogP contribution in [0.1, 0.15) is 26.3 Å². The number of carbonyl (C=O) groups excluding carboxylic acids is 1. The van der Waals surface area contributed by atoms with Crippen LogP contribution in [0.2, 0.25) is 0 Å². The van der Waals surface area contributed by atoms with Gasteiger partial charge in [0, 0.05) is 19.6 Å². The van der Waals surface area contributed by atoms with E-state index in [1.165, 1.54) is 0 Å². The second kappa shape index (κ2) is 8.52. The summed E-state index contributed by atoms with van der Waals surface area (Å²) < 4.78 is 11.1. The van der Waals surface area contributed by atoms with Crippen LogP contribution >= 0.6 is 0 Å². The standard InChI is InChI=1S/C16H26N2O3/c1-6-18(7-2)16(19)12(3)21-14-9-8-13(11-17-4)10-15(14)20-5/h8-10,12,17H,6-7,11H2,1-5H3. The Kier molecular flexibility index (Phi) is 7.02. The van der Waals surface area contributed by atoms with E-state index in [4.69, 9.17) is 9.47 Å². The number of nitrogens with one attached hydrogen (secondary N) is 1. The number of ether oxygens (including phenoxy) is 2. The van der Waals surface area contributed by atoms with Crippen molar-refractivity contribution < 1.29 is 14.3 Å². The summed E-state index contributed by atoms with van der Waals surface area (Å²) in [7, 11) is 3.49. The normalized spacial score (nSPS) is 11.9. The average Bonchev–Trinajstić information content (AvgIpc) is 2.50. The van der Waals surface area contributed by atoms with E-state index in [1.54, 1.807) is 18.9 Å². The van der Waals surface area contributed by atoms with Gasteiger partial charge in [-0.1, -0.05) is 6.07 Å². The fourth-order valence-electron chi connectivity index (χ4n) is 2.16. The molecule has 0 aromatic heterocycles. The molecule has 0 heterocycles. The van der Waals surface area contributed by atoms with Crippen LogP contribution in [0.25, 0.3) is 0 Å². The maximum atomic E-state index is 12.2. The van der Waals surface area contributed by atoms with Gasteiger partial charge in [-0.25, -0.2) is 0 Å². The molecular formula is C16H26N2O3. The number of methoxy groups -OCH3 is 1. The molecule has 1 aromatic carbocycles. The van der Waals surface area contributed by atoms with Crippen LogP contribution in [-0.2, 0) is 11.3 Å². The van der Waals surface area contributed by atoms with E-state index in [9.17, 15) is 4.79 Å². The van der Waals surface area contributed by atoms with Crippen molar-refractivity contribution in [3.8, 4) is 11.5 Å². The maximum Gasteiger partial charge on any atom is 0.263 e. The number of rotatable bonds is 8. The average molecular weight is 294 g/mol. The number of amides is 1. The van der Waals surface area contributed by atoms with Crippen molar-refractivity contribution in [3.63, 3.8) is 0 Å². The molecule has 1 aromatic rings. The molecule has 0 aliphatic heterocycles. The number of hydrogen-bond donors (Lipinski definition) is 1. The zero-order valence-corrected chi connectivity index (χ0v) is 13.6. The highest BCUT2D eigenvalue weighted by Crippen LogP contribution is 2.29. The molecule has 0 saturated carbocycles. The smallest absolute Gasteiger partial charge is 0.263 e. The number of benzene rings is 1. The fourth-order valence-corrected chi connectivity index (χ4v) is 2.16. The first-order valence-corrected chi connectivity index (χ1v) is 7.34. The molecule has 1 amide bonds. The van der Waals surface area contributed by atoms with Gasteiger partial charge in [0.15, 0.2) is 17.6 Å². The Morgan fingerprint density at radius 1 is 1.29 bits per heavy atom. The van der Waals surface area contributed by atoms with Gasteiger partial charge in [-0.05, 0) is 45.5 Å². The molecule has 1 atom stereocenters. The van der Waals surface area contributed by atoms with E-state index in [2.05, 4.69) is 5.32 Å². The monoisotopic (exact) mass is 294 g/mol. The van der Waals surface area contributed by atoms with E-state index >= 15 is 0 Å². The lowest BCUT2D eigenvalue weighted by Crippen LogP contribution is -2.40. The molecule has 0 aliphatic rings. The Hall–Kier alpha value is -1.75. The quantitative estimate of drug-likeness (QED) is 0.797. The molecule has 0 fully saturated rings. The molecule has 0 saturated heterocycles. The second-order valence-corrected chi connectivity index (χ2v) is 4.79. The van der Waals surface area contributed by atoms with Crippen LogP contribution in [0, 0.1) is 0 Å². The molecule has 0 radical (unpaired) electrons. The van der Waals surface area contributed by atoms with Gasteiger partial charge in [0.2, 0.25) is 0 Å². The van der Waals surface area contributed by atoms with Gasteiger partial charge < -0.3 is 19.7 Å². The predicted octanol–water partition coefficient (Wildman–Crippen LogP) is 2.05. The molecular weight excluding hydrogens is 268 g/mol. The highest BCUT2D eigenvalue weighted by Gasteiger charge is 2.21. The second-order valence-electron chi connectivity index (χ2n) is 4.79. The molecule has 118 valence electrons. The Morgan fingerprint density at radius 2 is 1.95 bits per heavy atom. The van der Waals surface area contributed by atoms with Crippen molar-refractivity contribution >= 4 is 5.91 Å². The summed E-state index contributed by atoms with van der Waals surface area (Å²) in [5, 5.41) is 3.09. The minimum absolute atomic E-state index is 0.0126. The Bertz CT molecular complexity index is 459. The zero-order valence-electron chi connectivity index (χ0n) is 13.6. The van der Waals surface area contributed by atoms with Crippen molar-refractivity contribution in [2.45, 2.75) is 33.4 Å². The first kappa shape index (κ1) is 17.3. The Balaban J connectivity index is 2.84. The third-order valence-electron chi connectivity index (χ3n) is 3.34. The Labute approximate surface area is 127 Å². The summed E-state index contributed by atoms with van der Waals surface area (Å²) in [4.78, 5) is 14.0. The Morgan fingerprint density at radius 3 is 2.48 bits per heavy atom.